The molecule has 29 heteroatoms. The molecular formula is C69H74F4N12O13. The SMILES string of the molecule is Cc1c(-c2ccnn2-c2ccc(C#N)cc2)cc(C(=O)NCCOCCOCCOCCOCCNC(=O)NCCOCCOCCOCCOCCNC(=O)c2cc(-c3ccnn3-c3ccc(C#N)cc3)c(C)n(-c3cccc(C(F)(F)F)c3)c2=O)c(=O)n1-c1cccc(CF)c1. The number of aromatic nitrogens is 6. The third kappa shape index (κ3) is 20.9. The monoisotopic (exact) mass is 1350 g/mol. The van der Waals surface area contributed by atoms with Gasteiger partial charge in [0.15, 0.2) is 0 Å². The second kappa shape index (κ2) is 37.9. The van der Waals surface area contributed by atoms with Gasteiger partial charge in [0.2, 0.25) is 0 Å². The first-order valence-corrected chi connectivity index (χ1v) is 31.3. The Morgan fingerprint density at radius 1 is 0.459 bits per heavy atom. The van der Waals surface area contributed by atoms with Crippen LogP contribution in [0.3, 0.4) is 0 Å². The van der Waals surface area contributed by atoms with Gasteiger partial charge in [0.25, 0.3) is 22.9 Å². The largest absolute Gasteiger partial charge is 0.416 e. The van der Waals surface area contributed by atoms with E-state index in [1.807, 2.05) is 0 Å². The maximum absolute atomic E-state index is 14.0. The summed E-state index contributed by atoms with van der Waals surface area (Å²) < 4.78 is 105. The average molecular weight is 1360 g/mol. The summed E-state index contributed by atoms with van der Waals surface area (Å²) in [6.07, 6.45) is -1.60. The van der Waals surface area contributed by atoms with Gasteiger partial charge in [0.05, 0.1) is 170 Å². The lowest BCUT2D eigenvalue weighted by Gasteiger charge is -2.19. The highest BCUT2D eigenvalue weighted by Crippen LogP contribution is 2.33. The molecular weight excluding hydrogens is 1280 g/mol. The van der Waals surface area contributed by atoms with Crippen molar-refractivity contribution in [2.24, 2.45) is 0 Å². The van der Waals surface area contributed by atoms with E-state index < -0.39 is 41.3 Å². The zero-order valence-electron chi connectivity index (χ0n) is 53.9. The van der Waals surface area contributed by atoms with E-state index in [0.717, 1.165) is 16.7 Å². The van der Waals surface area contributed by atoms with Crippen molar-refractivity contribution in [2.75, 3.05) is 132 Å². The summed E-state index contributed by atoms with van der Waals surface area (Å²) in [4.78, 5) is 67.3. The number of halogens is 4. The van der Waals surface area contributed by atoms with Crippen LogP contribution in [0.5, 0.6) is 0 Å². The highest BCUT2D eigenvalue weighted by Gasteiger charge is 2.31. The standard InChI is InChI=1S/C69H74F4N12O13/c1-48-58(62-17-19-80-84(62)54-13-9-50(46-74)10-14-54)43-60(66(88)82(48)56-7-3-5-52(41-56)45-70)64(86)76-21-25-91-29-33-95-37-39-97-35-31-93-27-23-78-68(90)79-24-28-94-32-36-98-40-38-96-34-30-92-26-22-77-65(87)61-44-59(63-18-20-81-85(63)55-15-11-51(47-75)12-16-55)49(2)83(67(61)89)57-8-4-6-53(42-57)69(71,72)73/h3-20,41-44H,21-40,45H2,1-2H3,(H,76,86)(H,77,87)(H2,78,79,90). The van der Waals surface area contributed by atoms with Crippen LogP contribution in [0.15, 0.2) is 143 Å². The number of carbonyl (C=O) groups excluding carboxylic acids is 3. The number of pyridine rings is 2. The Hall–Kier alpha value is -10.2. The molecule has 0 aliphatic heterocycles. The van der Waals surface area contributed by atoms with Gasteiger partial charge in [-0.3, -0.25) is 28.3 Å². The number of alkyl halides is 4. The Balaban J connectivity index is 0.608. The number of carbonyl (C=O) groups is 3. The minimum absolute atomic E-state index is 0.00144. The topological polar surface area (TPSA) is 300 Å². The van der Waals surface area contributed by atoms with Crippen molar-refractivity contribution in [1.82, 2.24) is 50.0 Å². The molecule has 0 saturated heterocycles. The van der Waals surface area contributed by atoms with Gasteiger partial charge in [-0.15, -0.1) is 0 Å². The molecule has 0 saturated carbocycles. The van der Waals surface area contributed by atoms with Crippen LogP contribution < -0.4 is 32.4 Å². The molecule has 0 fully saturated rings. The number of ether oxygens (including phenoxy) is 8. The number of nitrogens with one attached hydrogen (secondary N) is 4. The molecule has 0 radical (unpaired) electrons. The number of hydrogen-bond acceptors (Lipinski definition) is 17. The molecule has 4 aromatic heterocycles. The van der Waals surface area contributed by atoms with Gasteiger partial charge in [-0.2, -0.15) is 33.9 Å². The lowest BCUT2D eigenvalue weighted by atomic mass is 10.0. The average Bonchev–Trinajstić information content (AvgIpc) is 1.21. The van der Waals surface area contributed by atoms with E-state index in [4.69, 9.17) is 37.9 Å². The molecule has 516 valence electrons. The van der Waals surface area contributed by atoms with Crippen molar-refractivity contribution in [3.63, 3.8) is 0 Å². The van der Waals surface area contributed by atoms with Crippen molar-refractivity contribution in [1.29, 1.82) is 10.5 Å². The van der Waals surface area contributed by atoms with Gasteiger partial charge in [-0.1, -0.05) is 18.2 Å². The fourth-order valence-corrected chi connectivity index (χ4v) is 9.98. The lowest BCUT2D eigenvalue weighted by molar-refractivity contribution is -0.137. The van der Waals surface area contributed by atoms with Crippen LogP contribution in [0, 0.1) is 36.5 Å². The van der Waals surface area contributed by atoms with Crippen LogP contribution in [0.4, 0.5) is 22.4 Å². The third-order valence-electron chi connectivity index (χ3n) is 14.8. The second-order valence-corrected chi connectivity index (χ2v) is 21.4. The van der Waals surface area contributed by atoms with Crippen molar-refractivity contribution in [3.05, 3.63) is 199 Å². The first-order chi connectivity index (χ1) is 47.6. The van der Waals surface area contributed by atoms with Crippen LogP contribution in [-0.4, -0.2) is 178 Å². The highest BCUT2D eigenvalue weighted by atomic mass is 19.4. The van der Waals surface area contributed by atoms with Crippen molar-refractivity contribution in [3.8, 4) is 57.4 Å². The van der Waals surface area contributed by atoms with Crippen molar-refractivity contribution >= 4 is 17.8 Å². The second-order valence-electron chi connectivity index (χ2n) is 21.4. The molecule has 0 unspecified atom stereocenters. The van der Waals surface area contributed by atoms with E-state index in [1.165, 1.54) is 39.7 Å². The summed E-state index contributed by atoms with van der Waals surface area (Å²) in [7, 11) is 0. The number of benzene rings is 4. The first kappa shape index (κ1) is 73.6. The van der Waals surface area contributed by atoms with Gasteiger partial charge >= 0.3 is 12.2 Å². The van der Waals surface area contributed by atoms with E-state index >= 15 is 0 Å². The van der Waals surface area contributed by atoms with Gasteiger partial charge in [-0.25, -0.2) is 18.5 Å². The molecule has 25 nitrogen and oxygen atoms in total. The van der Waals surface area contributed by atoms with E-state index in [-0.39, 0.29) is 121 Å². The molecule has 0 bridgehead atoms. The van der Waals surface area contributed by atoms with Crippen molar-refractivity contribution in [2.45, 2.75) is 26.7 Å². The van der Waals surface area contributed by atoms with E-state index in [1.54, 1.807) is 110 Å². The molecule has 8 rings (SSSR count). The Kier molecular flexibility index (Phi) is 28.5. The van der Waals surface area contributed by atoms with E-state index in [2.05, 4.69) is 43.6 Å². The minimum atomic E-state index is -4.69. The number of amides is 4. The Labute approximate surface area is 561 Å². The molecule has 4 aromatic carbocycles. The maximum Gasteiger partial charge on any atom is 0.416 e. The predicted molar refractivity (Wildman–Crippen MR) is 351 cm³/mol. The smallest absolute Gasteiger partial charge is 0.377 e. The number of urea groups is 1. The van der Waals surface area contributed by atoms with Gasteiger partial charge in [-0.05, 0) is 123 Å². The van der Waals surface area contributed by atoms with Gasteiger partial charge < -0.3 is 59.2 Å². The predicted octanol–water partition coefficient (Wildman–Crippen LogP) is 7.13. The fraction of sp³-hybridized carbons (Fsp3) is 0.348. The Morgan fingerprint density at radius 2 is 0.816 bits per heavy atom. The molecule has 98 heavy (non-hydrogen) atoms. The quantitative estimate of drug-likeness (QED) is 0.0220. The zero-order chi connectivity index (χ0) is 69.7. The molecule has 0 spiro atoms. The van der Waals surface area contributed by atoms with Gasteiger partial charge in [0, 0.05) is 60.1 Å². The minimum Gasteiger partial charge on any atom is -0.377 e. The summed E-state index contributed by atoms with van der Waals surface area (Å²) >= 11 is 0. The lowest BCUT2D eigenvalue weighted by Crippen LogP contribution is -2.39. The number of nitriles is 2. The van der Waals surface area contributed by atoms with Crippen LogP contribution in [-0.2, 0) is 50.7 Å². The molecule has 8 aromatic rings. The molecule has 4 heterocycles. The Morgan fingerprint density at radius 3 is 1.18 bits per heavy atom. The number of hydrogen-bond donors (Lipinski definition) is 4. The molecule has 4 amide bonds. The van der Waals surface area contributed by atoms with Crippen molar-refractivity contribution < 1.29 is 69.8 Å². The van der Waals surface area contributed by atoms with E-state index in [0.29, 0.717) is 102 Å². The summed E-state index contributed by atoms with van der Waals surface area (Å²) in [6, 6.07) is 34.2. The summed E-state index contributed by atoms with van der Waals surface area (Å²) in [5.74, 6) is -1.40. The molecule has 0 atom stereocenters. The van der Waals surface area contributed by atoms with E-state index in [9.17, 15) is 52.1 Å². The zero-order valence-corrected chi connectivity index (χ0v) is 53.9. The Bertz CT molecular complexity index is 4140. The van der Waals surface area contributed by atoms with Gasteiger partial charge in [0.1, 0.15) is 17.8 Å². The first-order valence-electron chi connectivity index (χ1n) is 31.3. The third-order valence-corrected chi connectivity index (χ3v) is 14.8. The fourth-order valence-electron chi connectivity index (χ4n) is 9.98. The highest BCUT2D eigenvalue weighted by molar-refractivity contribution is 5.96. The number of nitrogens with zero attached hydrogens (tertiary/aromatic N) is 8. The summed E-state index contributed by atoms with van der Waals surface area (Å²) in [5.41, 5.74) is 2.56. The van der Waals surface area contributed by atoms with Crippen LogP contribution >= 0.6 is 0 Å². The number of rotatable bonds is 39. The van der Waals surface area contributed by atoms with Crippen LogP contribution in [0.25, 0.3) is 45.3 Å². The molecule has 4 N–H and O–H groups in total. The maximum atomic E-state index is 14.0. The molecule has 0 aliphatic carbocycles. The molecule has 0 aliphatic rings. The summed E-state index contributed by atoms with van der Waals surface area (Å²) in [6.45, 7) is 7.26. The normalized spacial score (nSPS) is 11.3. The van der Waals surface area contributed by atoms with Crippen LogP contribution in [0.2, 0.25) is 0 Å². The van der Waals surface area contributed by atoms with Crippen LogP contribution in [0.1, 0.15) is 54.4 Å². The summed E-state index contributed by atoms with van der Waals surface area (Å²) in [5, 5.41) is 38.2.